The first-order chi connectivity index (χ1) is 11.0. The molecule has 0 saturated heterocycles. The minimum Gasteiger partial charge on any atom is -0.478 e. The number of hydrogen-bond acceptors (Lipinski definition) is 3. The Hall–Kier alpha value is -2.24. The van der Waals surface area contributed by atoms with Crippen LogP contribution in [0.5, 0.6) is 0 Å². The molecule has 1 heterocycles. The van der Waals surface area contributed by atoms with E-state index >= 15 is 0 Å². The molecule has 2 aromatic carbocycles. The van der Waals surface area contributed by atoms with Gasteiger partial charge in [0, 0.05) is 27.1 Å². The molecule has 4 nitrogen and oxygen atoms in total. The minimum atomic E-state index is -1.10. The Morgan fingerprint density at radius 1 is 1.22 bits per heavy atom. The van der Waals surface area contributed by atoms with Gasteiger partial charge in [-0.05, 0) is 30.5 Å². The fourth-order valence-corrected chi connectivity index (χ4v) is 3.43. The molecule has 0 spiro atoms. The van der Waals surface area contributed by atoms with Crippen LogP contribution in [0.1, 0.15) is 15.9 Å². The lowest BCUT2D eigenvalue weighted by molar-refractivity contribution is -0.131. The van der Waals surface area contributed by atoms with Gasteiger partial charge in [0.05, 0.1) is 11.4 Å². The first-order valence-corrected chi connectivity index (χ1v) is 8.35. The van der Waals surface area contributed by atoms with Crippen molar-refractivity contribution in [2.75, 3.05) is 11.2 Å². The van der Waals surface area contributed by atoms with E-state index in [2.05, 4.69) is 0 Å². The van der Waals surface area contributed by atoms with Gasteiger partial charge in [-0.2, -0.15) is 0 Å². The third-order valence-electron chi connectivity index (χ3n) is 3.52. The molecule has 1 N–H and O–H groups in total. The molecular formula is C17H12ClNO3S. The van der Waals surface area contributed by atoms with Crippen molar-refractivity contribution in [2.45, 2.75) is 4.90 Å². The van der Waals surface area contributed by atoms with Gasteiger partial charge >= 0.3 is 5.97 Å². The highest BCUT2D eigenvalue weighted by molar-refractivity contribution is 7.98. The standard InChI is InChI=1S/C17H12ClNO3S/c1-23-15-8-10(18)6-7-13(15)19-14(9-16(20)21)11-4-2-3-5-12(11)17(19)22/h2-9H,1H3,(H,20,21). The molecule has 1 amide bonds. The Morgan fingerprint density at radius 3 is 2.57 bits per heavy atom. The summed E-state index contributed by atoms with van der Waals surface area (Å²) in [5, 5.41) is 9.74. The van der Waals surface area contributed by atoms with Crippen LogP contribution < -0.4 is 4.90 Å². The Morgan fingerprint density at radius 2 is 1.91 bits per heavy atom. The average Bonchev–Trinajstić information content (AvgIpc) is 2.80. The van der Waals surface area contributed by atoms with E-state index in [0.29, 0.717) is 27.5 Å². The van der Waals surface area contributed by atoms with Crippen LogP contribution in [0.3, 0.4) is 0 Å². The topological polar surface area (TPSA) is 57.6 Å². The Bertz CT molecular complexity index is 847. The number of aliphatic carboxylic acids is 1. The number of rotatable bonds is 3. The lowest BCUT2D eigenvalue weighted by atomic mass is 10.1. The van der Waals surface area contributed by atoms with Crippen LogP contribution in [-0.2, 0) is 4.79 Å². The van der Waals surface area contributed by atoms with Crippen molar-refractivity contribution in [1.29, 1.82) is 0 Å². The second-order valence-corrected chi connectivity index (χ2v) is 6.15. The number of carbonyl (C=O) groups excluding carboxylic acids is 1. The van der Waals surface area contributed by atoms with Crippen LogP contribution in [0.15, 0.2) is 53.4 Å². The van der Waals surface area contributed by atoms with E-state index in [0.717, 1.165) is 11.0 Å². The summed E-state index contributed by atoms with van der Waals surface area (Å²) in [5.74, 6) is -1.35. The molecule has 0 saturated carbocycles. The van der Waals surface area contributed by atoms with Gasteiger partial charge in [0.15, 0.2) is 0 Å². The molecule has 0 aliphatic carbocycles. The van der Waals surface area contributed by atoms with Crippen LogP contribution in [0.4, 0.5) is 5.69 Å². The summed E-state index contributed by atoms with van der Waals surface area (Å²) in [7, 11) is 0. The van der Waals surface area contributed by atoms with Crippen molar-refractivity contribution in [3.63, 3.8) is 0 Å². The predicted octanol–water partition coefficient (Wildman–Crippen LogP) is 4.15. The number of carbonyl (C=O) groups is 2. The normalized spacial score (nSPS) is 15.1. The van der Waals surface area contributed by atoms with E-state index in [9.17, 15) is 14.7 Å². The van der Waals surface area contributed by atoms with Crippen LogP contribution in [0.25, 0.3) is 5.70 Å². The van der Waals surface area contributed by atoms with E-state index in [4.69, 9.17) is 11.6 Å². The number of carboxylic acids is 1. The SMILES string of the molecule is CSc1cc(Cl)ccc1N1C(=O)c2ccccc2C1=CC(=O)O. The Labute approximate surface area is 142 Å². The van der Waals surface area contributed by atoms with Crippen LogP contribution >= 0.6 is 23.4 Å². The predicted molar refractivity (Wildman–Crippen MR) is 92.1 cm³/mol. The van der Waals surface area contributed by atoms with Gasteiger partial charge < -0.3 is 5.11 Å². The third kappa shape index (κ3) is 2.73. The van der Waals surface area contributed by atoms with Crippen molar-refractivity contribution in [3.8, 4) is 0 Å². The quantitative estimate of drug-likeness (QED) is 0.670. The van der Waals surface area contributed by atoms with Crippen molar-refractivity contribution >= 4 is 46.6 Å². The van der Waals surface area contributed by atoms with Crippen molar-refractivity contribution in [3.05, 3.63) is 64.7 Å². The van der Waals surface area contributed by atoms with E-state index in [-0.39, 0.29) is 5.91 Å². The van der Waals surface area contributed by atoms with Gasteiger partial charge in [0.2, 0.25) is 0 Å². The number of benzene rings is 2. The summed E-state index contributed by atoms with van der Waals surface area (Å²) >= 11 is 7.47. The van der Waals surface area contributed by atoms with E-state index < -0.39 is 5.97 Å². The fraction of sp³-hybridized carbons (Fsp3) is 0.0588. The molecule has 3 rings (SSSR count). The largest absolute Gasteiger partial charge is 0.478 e. The zero-order chi connectivity index (χ0) is 16.6. The van der Waals surface area contributed by atoms with Crippen LogP contribution in [-0.4, -0.2) is 23.2 Å². The molecule has 0 atom stereocenters. The van der Waals surface area contributed by atoms with Crippen molar-refractivity contribution in [1.82, 2.24) is 0 Å². The van der Waals surface area contributed by atoms with Crippen molar-refractivity contribution < 1.29 is 14.7 Å². The summed E-state index contributed by atoms with van der Waals surface area (Å²) < 4.78 is 0. The fourth-order valence-electron chi connectivity index (χ4n) is 2.58. The first-order valence-electron chi connectivity index (χ1n) is 6.75. The van der Waals surface area contributed by atoms with Crippen LogP contribution in [0, 0.1) is 0 Å². The number of hydrogen-bond donors (Lipinski definition) is 1. The van der Waals surface area contributed by atoms with E-state index in [1.807, 2.05) is 6.26 Å². The molecular weight excluding hydrogens is 334 g/mol. The number of fused-ring (bicyclic) bond motifs is 1. The maximum absolute atomic E-state index is 12.8. The minimum absolute atomic E-state index is 0.245. The van der Waals surface area contributed by atoms with Gasteiger partial charge in [0.1, 0.15) is 0 Å². The van der Waals surface area contributed by atoms with Gasteiger partial charge in [-0.25, -0.2) is 4.79 Å². The maximum atomic E-state index is 12.8. The molecule has 116 valence electrons. The van der Waals surface area contributed by atoms with E-state index in [1.165, 1.54) is 16.7 Å². The summed E-state index contributed by atoms with van der Waals surface area (Å²) in [5.41, 5.74) is 2.08. The summed E-state index contributed by atoms with van der Waals surface area (Å²) in [6, 6.07) is 12.2. The van der Waals surface area contributed by atoms with Gasteiger partial charge in [0.25, 0.3) is 5.91 Å². The zero-order valence-corrected chi connectivity index (χ0v) is 13.7. The highest BCUT2D eigenvalue weighted by Gasteiger charge is 2.34. The van der Waals surface area contributed by atoms with Crippen molar-refractivity contribution in [2.24, 2.45) is 0 Å². The molecule has 0 bridgehead atoms. The van der Waals surface area contributed by atoms with Crippen LogP contribution in [0.2, 0.25) is 5.02 Å². The number of carboxylic acid groups (broad SMARTS) is 1. The lowest BCUT2D eigenvalue weighted by Gasteiger charge is -2.21. The number of nitrogens with zero attached hydrogens (tertiary/aromatic N) is 1. The second-order valence-electron chi connectivity index (χ2n) is 4.87. The molecule has 6 heteroatoms. The average molecular weight is 346 g/mol. The third-order valence-corrected chi connectivity index (χ3v) is 4.52. The molecule has 0 fully saturated rings. The Balaban J connectivity index is 2.23. The maximum Gasteiger partial charge on any atom is 0.330 e. The van der Waals surface area contributed by atoms with Gasteiger partial charge in [-0.15, -0.1) is 11.8 Å². The smallest absolute Gasteiger partial charge is 0.330 e. The number of thioether (sulfide) groups is 1. The summed E-state index contributed by atoms with van der Waals surface area (Å²) in [6.07, 6.45) is 2.94. The Kier molecular flexibility index (Phi) is 4.15. The zero-order valence-electron chi connectivity index (χ0n) is 12.1. The lowest BCUT2D eigenvalue weighted by Crippen LogP contribution is -2.23. The number of amides is 1. The molecule has 0 radical (unpaired) electrons. The summed E-state index contributed by atoms with van der Waals surface area (Å²) in [4.78, 5) is 26.2. The van der Waals surface area contributed by atoms with Gasteiger partial charge in [-0.1, -0.05) is 29.8 Å². The molecule has 23 heavy (non-hydrogen) atoms. The molecule has 0 aromatic heterocycles. The highest BCUT2D eigenvalue weighted by atomic mass is 35.5. The molecule has 2 aromatic rings. The van der Waals surface area contributed by atoms with Gasteiger partial charge in [-0.3, -0.25) is 9.69 Å². The first kappa shape index (κ1) is 15.6. The molecule has 1 aliphatic heterocycles. The number of halogens is 1. The second kappa shape index (κ2) is 6.10. The number of anilines is 1. The highest BCUT2D eigenvalue weighted by Crippen LogP contribution is 2.41. The summed E-state index contributed by atoms with van der Waals surface area (Å²) in [6.45, 7) is 0. The molecule has 0 unspecified atom stereocenters. The monoisotopic (exact) mass is 345 g/mol. The van der Waals surface area contributed by atoms with E-state index in [1.54, 1.807) is 42.5 Å². The molecule has 1 aliphatic rings.